The van der Waals surface area contributed by atoms with Gasteiger partial charge in [-0.15, -0.1) is 0 Å². The van der Waals surface area contributed by atoms with Gasteiger partial charge in [-0.3, -0.25) is 4.79 Å². The van der Waals surface area contributed by atoms with Crippen LogP contribution in [0.4, 0.5) is 5.69 Å². The van der Waals surface area contributed by atoms with Crippen LogP contribution in [-0.2, 0) is 24.4 Å². The highest BCUT2D eigenvalue weighted by Crippen LogP contribution is 2.51. The van der Waals surface area contributed by atoms with Crippen LogP contribution in [0.15, 0.2) is 67.0 Å². The summed E-state index contributed by atoms with van der Waals surface area (Å²) in [4.78, 5) is 58.2. The molecule has 6 rings (SSSR count). The zero-order chi connectivity index (χ0) is 28.2. The van der Waals surface area contributed by atoms with Crippen molar-refractivity contribution in [2.75, 3.05) is 26.6 Å². The molecule has 3 aromatic carbocycles. The van der Waals surface area contributed by atoms with Crippen molar-refractivity contribution in [2.24, 2.45) is 0 Å². The predicted octanol–water partition coefficient (Wildman–Crippen LogP) is 4.30. The van der Waals surface area contributed by atoms with E-state index in [1.807, 2.05) is 0 Å². The molecule has 10 nitrogen and oxygen atoms in total. The lowest BCUT2D eigenvalue weighted by molar-refractivity contribution is -0.118. The van der Waals surface area contributed by atoms with Crippen molar-refractivity contribution in [3.05, 3.63) is 100 Å². The summed E-state index contributed by atoms with van der Waals surface area (Å²) in [7, 11) is 3.88. The minimum absolute atomic E-state index is 0.257. The number of carbonyl (C=O) groups is 4. The van der Waals surface area contributed by atoms with Crippen molar-refractivity contribution < 1.29 is 33.4 Å². The topological polar surface area (TPSA) is 140 Å². The number of aromatic nitrogens is 2. The van der Waals surface area contributed by atoms with Gasteiger partial charge in [0.25, 0.3) is 0 Å². The van der Waals surface area contributed by atoms with E-state index < -0.39 is 23.3 Å². The van der Waals surface area contributed by atoms with Gasteiger partial charge in [-0.05, 0) is 54.6 Å². The second-order valence-corrected chi connectivity index (χ2v) is 9.36. The van der Waals surface area contributed by atoms with E-state index in [2.05, 4.69) is 15.3 Å². The van der Waals surface area contributed by atoms with E-state index in [-0.39, 0.29) is 11.5 Å². The van der Waals surface area contributed by atoms with Crippen LogP contribution in [0.2, 0.25) is 0 Å². The number of hydrogen-bond acceptors (Lipinski definition) is 7. The van der Waals surface area contributed by atoms with Crippen LogP contribution in [0.5, 0.6) is 0 Å². The highest BCUT2D eigenvalue weighted by Gasteiger charge is 2.52. The van der Waals surface area contributed by atoms with Gasteiger partial charge in [0.1, 0.15) is 5.41 Å². The van der Waals surface area contributed by atoms with E-state index in [9.17, 15) is 19.2 Å². The molecule has 0 radical (unpaired) electrons. The Morgan fingerprint density at radius 3 is 1.55 bits per heavy atom. The van der Waals surface area contributed by atoms with Gasteiger partial charge in [-0.2, -0.15) is 0 Å². The largest absolute Gasteiger partial charge is 0.465 e. The van der Waals surface area contributed by atoms with E-state index in [4.69, 9.17) is 14.2 Å². The second kappa shape index (κ2) is 9.12. The number of ether oxygens (including phenoxy) is 3. The number of hydrogen-bond donors (Lipinski definition) is 3. The molecule has 3 heterocycles. The minimum atomic E-state index is -1.50. The third-order valence-electron chi connectivity index (χ3n) is 7.45. The Morgan fingerprint density at radius 1 is 0.625 bits per heavy atom. The van der Waals surface area contributed by atoms with Crippen LogP contribution in [0, 0.1) is 0 Å². The lowest BCUT2D eigenvalue weighted by Crippen LogP contribution is -2.37. The molecule has 1 aliphatic rings. The highest BCUT2D eigenvalue weighted by molar-refractivity contribution is 6.16. The van der Waals surface area contributed by atoms with Crippen LogP contribution in [0.25, 0.3) is 21.8 Å². The lowest BCUT2D eigenvalue weighted by Gasteiger charge is -2.28. The highest BCUT2D eigenvalue weighted by atomic mass is 16.5. The van der Waals surface area contributed by atoms with Gasteiger partial charge in [0.15, 0.2) is 0 Å². The molecule has 2 aromatic heterocycles. The average Bonchev–Trinajstić information content (AvgIpc) is 3.68. The van der Waals surface area contributed by atoms with E-state index >= 15 is 0 Å². The van der Waals surface area contributed by atoms with Crippen molar-refractivity contribution in [1.29, 1.82) is 0 Å². The zero-order valence-corrected chi connectivity index (χ0v) is 21.7. The van der Waals surface area contributed by atoms with Gasteiger partial charge in [-0.1, -0.05) is 0 Å². The van der Waals surface area contributed by atoms with Crippen molar-refractivity contribution in [3.63, 3.8) is 0 Å². The first-order valence-corrected chi connectivity index (χ1v) is 12.3. The molecule has 3 N–H and O–H groups in total. The standard InChI is InChI=1S/C30H23N3O7/c1-38-26(34)15-4-7-23-18(10-15)21(13-31-23)30(20-12-17(28(36)40-3)6-9-25(20)33-29(30)37)22-14-32-24-8-5-16(11-19(22)24)27(35)39-2/h4-14,31-32H,1-3H3,(H,33,37). The smallest absolute Gasteiger partial charge is 0.337 e. The Labute approximate surface area is 227 Å². The number of rotatable bonds is 5. The first-order valence-electron chi connectivity index (χ1n) is 12.3. The van der Waals surface area contributed by atoms with Gasteiger partial charge in [0.2, 0.25) is 5.91 Å². The zero-order valence-electron chi connectivity index (χ0n) is 21.7. The average molecular weight is 538 g/mol. The molecule has 1 aliphatic heterocycles. The molecular formula is C30H23N3O7. The van der Waals surface area contributed by atoms with Crippen LogP contribution in [0.3, 0.4) is 0 Å². The molecule has 0 fully saturated rings. The summed E-state index contributed by atoms with van der Waals surface area (Å²) < 4.78 is 14.8. The molecule has 0 atom stereocenters. The van der Waals surface area contributed by atoms with Crippen LogP contribution in [0.1, 0.15) is 47.8 Å². The van der Waals surface area contributed by atoms with Crippen LogP contribution >= 0.6 is 0 Å². The lowest BCUT2D eigenvalue weighted by atomic mass is 9.69. The summed E-state index contributed by atoms with van der Waals surface area (Å²) in [6.07, 6.45) is 3.43. The quantitative estimate of drug-likeness (QED) is 0.224. The van der Waals surface area contributed by atoms with Crippen molar-refractivity contribution in [2.45, 2.75) is 5.41 Å². The number of fused-ring (bicyclic) bond motifs is 3. The maximum Gasteiger partial charge on any atom is 0.337 e. The molecule has 0 bridgehead atoms. The van der Waals surface area contributed by atoms with E-state index in [0.29, 0.717) is 55.3 Å². The van der Waals surface area contributed by atoms with Crippen LogP contribution < -0.4 is 5.32 Å². The number of aromatic amines is 2. The maximum absolute atomic E-state index is 14.3. The molecule has 200 valence electrons. The molecule has 1 amide bonds. The monoisotopic (exact) mass is 537 g/mol. The molecule has 5 aromatic rings. The SMILES string of the molecule is COC(=O)c1ccc2c(c1)C(c1c[nH]c3ccc(C(=O)OC)cc13)(c1c[nH]c3ccc(C(=O)OC)cc13)C(=O)N2. The third-order valence-corrected chi connectivity index (χ3v) is 7.45. The molecule has 0 saturated carbocycles. The predicted molar refractivity (Wildman–Crippen MR) is 146 cm³/mol. The van der Waals surface area contributed by atoms with Crippen molar-refractivity contribution in [3.8, 4) is 0 Å². The van der Waals surface area contributed by atoms with Crippen LogP contribution in [-0.4, -0.2) is 55.1 Å². The number of benzene rings is 3. The molecule has 0 aliphatic carbocycles. The number of esters is 3. The molecule has 40 heavy (non-hydrogen) atoms. The molecule has 0 saturated heterocycles. The summed E-state index contributed by atoms with van der Waals surface area (Å²) in [6, 6.07) is 14.9. The van der Waals surface area contributed by atoms with E-state index in [0.717, 1.165) is 0 Å². The van der Waals surface area contributed by atoms with E-state index in [1.165, 1.54) is 21.3 Å². The van der Waals surface area contributed by atoms with E-state index in [1.54, 1.807) is 67.0 Å². The van der Waals surface area contributed by atoms with Gasteiger partial charge >= 0.3 is 17.9 Å². The third kappa shape index (κ3) is 3.42. The Hall–Kier alpha value is -5.38. The summed E-state index contributed by atoms with van der Waals surface area (Å²) in [5.74, 6) is -1.99. The number of methoxy groups -OCH3 is 3. The molecule has 10 heteroatoms. The fraction of sp³-hybridized carbons (Fsp3) is 0.133. The number of anilines is 1. The Kier molecular flexibility index (Phi) is 5.69. The Balaban J connectivity index is 1.74. The number of nitrogens with one attached hydrogen (secondary N) is 3. The summed E-state index contributed by atoms with van der Waals surface area (Å²) in [6.45, 7) is 0. The number of carbonyl (C=O) groups excluding carboxylic acids is 4. The Morgan fingerprint density at radius 2 is 1.07 bits per heavy atom. The fourth-order valence-corrected chi connectivity index (χ4v) is 5.58. The molecular weight excluding hydrogens is 514 g/mol. The van der Waals surface area contributed by atoms with Gasteiger partial charge in [-0.25, -0.2) is 14.4 Å². The van der Waals surface area contributed by atoms with Gasteiger partial charge in [0.05, 0.1) is 38.0 Å². The van der Waals surface area contributed by atoms with Gasteiger partial charge < -0.3 is 29.5 Å². The second-order valence-electron chi connectivity index (χ2n) is 9.36. The molecule has 0 unspecified atom stereocenters. The first-order chi connectivity index (χ1) is 19.3. The number of H-pyrrole nitrogens is 2. The normalized spacial score (nSPS) is 13.6. The van der Waals surface area contributed by atoms with Crippen molar-refractivity contribution >= 4 is 51.3 Å². The summed E-state index contributed by atoms with van der Waals surface area (Å²) in [5.41, 5.74) is 2.83. The first kappa shape index (κ1) is 24.9. The molecule has 0 spiro atoms. The summed E-state index contributed by atoms with van der Waals surface area (Å²) >= 11 is 0. The number of amides is 1. The summed E-state index contributed by atoms with van der Waals surface area (Å²) in [5, 5.41) is 4.18. The minimum Gasteiger partial charge on any atom is -0.465 e. The Bertz CT molecular complexity index is 1790. The maximum atomic E-state index is 14.3. The van der Waals surface area contributed by atoms with Crippen molar-refractivity contribution in [1.82, 2.24) is 9.97 Å². The fourth-order valence-electron chi connectivity index (χ4n) is 5.58. The van der Waals surface area contributed by atoms with Gasteiger partial charge in [0, 0.05) is 56.6 Å².